The first-order valence-corrected chi connectivity index (χ1v) is 7.98. The van der Waals surface area contributed by atoms with E-state index < -0.39 is 0 Å². The summed E-state index contributed by atoms with van der Waals surface area (Å²) in [5.74, 6) is -0.207. The fraction of sp³-hybridized carbons (Fsp3) is 0.529. The third-order valence-electron chi connectivity index (χ3n) is 4.46. The molecule has 1 amide bonds. The van der Waals surface area contributed by atoms with Crippen molar-refractivity contribution in [3.05, 3.63) is 35.1 Å². The van der Waals surface area contributed by atoms with Gasteiger partial charge in [-0.1, -0.05) is 0 Å². The van der Waals surface area contributed by atoms with Gasteiger partial charge in [-0.3, -0.25) is 9.69 Å². The summed E-state index contributed by atoms with van der Waals surface area (Å²) in [5.41, 5.74) is 0.997. The minimum atomic E-state index is -0.290. The molecule has 3 rings (SSSR count). The lowest BCUT2D eigenvalue weighted by atomic mass is 10.1. The summed E-state index contributed by atoms with van der Waals surface area (Å²) in [4.78, 5) is 16.2. The summed E-state index contributed by atoms with van der Waals surface area (Å²) >= 11 is 0. The summed E-state index contributed by atoms with van der Waals surface area (Å²) in [6, 6.07) is 6.45. The highest BCUT2D eigenvalue weighted by atomic mass is 19.1. The van der Waals surface area contributed by atoms with E-state index in [9.17, 15) is 9.18 Å². The second-order valence-electron chi connectivity index (χ2n) is 6.02. The van der Waals surface area contributed by atoms with Crippen LogP contribution in [0.5, 0.6) is 0 Å². The highest BCUT2D eigenvalue weighted by Gasteiger charge is 2.30. The minimum absolute atomic E-state index is 0.0832. The van der Waals surface area contributed by atoms with Crippen molar-refractivity contribution in [1.29, 1.82) is 5.26 Å². The minimum Gasteiger partial charge on any atom is -0.368 e. The maximum atomic E-state index is 13.9. The standard InChI is InChI=1S/C17H20FN3O2/c18-15-4-3-13(11-19)10-14(15)12-20-5-7-21(8-6-20)17(22)16-2-1-9-23-16/h3-4,10,16H,1-2,5-9,12H2/t16-/m0/s1. The van der Waals surface area contributed by atoms with Gasteiger partial charge >= 0.3 is 0 Å². The Morgan fingerprint density at radius 2 is 2.13 bits per heavy atom. The molecule has 0 saturated carbocycles. The molecule has 2 heterocycles. The van der Waals surface area contributed by atoms with E-state index >= 15 is 0 Å². The number of hydrogen-bond acceptors (Lipinski definition) is 4. The molecule has 1 atom stereocenters. The summed E-state index contributed by atoms with van der Waals surface area (Å²) in [6.45, 7) is 3.81. The summed E-state index contributed by atoms with van der Waals surface area (Å²) < 4.78 is 19.3. The van der Waals surface area contributed by atoms with E-state index in [2.05, 4.69) is 4.90 Å². The SMILES string of the molecule is N#Cc1ccc(F)c(CN2CCN(C(=O)[C@@H]3CCCO3)CC2)c1. The van der Waals surface area contributed by atoms with Crippen molar-refractivity contribution in [2.75, 3.05) is 32.8 Å². The molecule has 2 aliphatic rings. The average molecular weight is 317 g/mol. The molecule has 0 bridgehead atoms. The van der Waals surface area contributed by atoms with Crippen LogP contribution in [0.4, 0.5) is 4.39 Å². The van der Waals surface area contributed by atoms with Crippen molar-refractivity contribution >= 4 is 5.91 Å². The molecule has 0 unspecified atom stereocenters. The fourth-order valence-corrected chi connectivity index (χ4v) is 3.11. The molecule has 2 fully saturated rings. The predicted octanol–water partition coefficient (Wildman–Crippen LogP) is 1.52. The van der Waals surface area contributed by atoms with Gasteiger partial charge in [0.25, 0.3) is 5.91 Å². The van der Waals surface area contributed by atoms with Crippen LogP contribution in [0, 0.1) is 17.1 Å². The highest BCUT2D eigenvalue weighted by Crippen LogP contribution is 2.18. The molecule has 6 heteroatoms. The van der Waals surface area contributed by atoms with Gasteiger partial charge in [0.2, 0.25) is 0 Å². The van der Waals surface area contributed by atoms with E-state index in [4.69, 9.17) is 10.00 Å². The third kappa shape index (κ3) is 3.69. The van der Waals surface area contributed by atoms with Crippen LogP contribution in [0.15, 0.2) is 18.2 Å². The van der Waals surface area contributed by atoms with Crippen molar-refractivity contribution in [2.45, 2.75) is 25.5 Å². The van der Waals surface area contributed by atoms with Crippen LogP contribution in [-0.2, 0) is 16.1 Å². The van der Waals surface area contributed by atoms with Crippen LogP contribution < -0.4 is 0 Å². The lowest BCUT2D eigenvalue weighted by molar-refractivity contribution is -0.142. The molecule has 23 heavy (non-hydrogen) atoms. The highest BCUT2D eigenvalue weighted by molar-refractivity contribution is 5.81. The first-order valence-electron chi connectivity index (χ1n) is 7.98. The summed E-state index contributed by atoms with van der Waals surface area (Å²) in [7, 11) is 0. The van der Waals surface area contributed by atoms with Crippen LogP contribution in [0.2, 0.25) is 0 Å². The molecular formula is C17H20FN3O2. The predicted molar refractivity (Wildman–Crippen MR) is 81.9 cm³/mol. The van der Waals surface area contributed by atoms with E-state index in [0.29, 0.717) is 50.5 Å². The van der Waals surface area contributed by atoms with Gasteiger partial charge in [-0.05, 0) is 31.0 Å². The monoisotopic (exact) mass is 317 g/mol. The molecule has 0 radical (unpaired) electrons. The van der Waals surface area contributed by atoms with Crippen molar-refractivity contribution in [1.82, 2.24) is 9.80 Å². The lowest BCUT2D eigenvalue weighted by Gasteiger charge is -2.35. The van der Waals surface area contributed by atoms with Crippen LogP contribution in [0.25, 0.3) is 0 Å². The van der Waals surface area contributed by atoms with Gasteiger partial charge in [0, 0.05) is 44.9 Å². The van der Waals surface area contributed by atoms with Crippen molar-refractivity contribution in [2.24, 2.45) is 0 Å². The van der Waals surface area contributed by atoms with Crippen molar-refractivity contribution in [3.63, 3.8) is 0 Å². The Kier molecular flexibility index (Phi) is 4.89. The smallest absolute Gasteiger partial charge is 0.251 e. The molecule has 0 aliphatic carbocycles. The molecule has 1 aromatic rings. The van der Waals surface area contributed by atoms with Crippen molar-refractivity contribution in [3.8, 4) is 6.07 Å². The number of hydrogen-bond donors (Lipinski definition) is 0. The van der Waals surface area contributed by atoms with Gasteiger partial charge in [-0.15, -0.1) is 0 Å². The van der Waals surface area contributed by atoms with Crippen LogP contribution in [0.1, 0.15) is 24.0 Å². The normalized spacial score (nSPS) is 22.1. The number of halogens is 1. The fourth-order valence-electron chi connectivity index (χ4n) is 3.11. The largest absolute Gasteiger partial charge is 0.368 e. The van der Waals surface area contributed by atoms with E-state index in [1.165, 1.54) is 12.1 Å². The topological polar surface area (TPSA) is 56.6 Å². The van der Waals surface area contributed by atoms with Gasteiger partial charge < -0.3 is 9.64 Å². The summed E-state index contributed by atoms with van der Waals surface area (Å²) in [5, 5.41) is 8.92. The van der Waals surface area contributed by atoms with Gasteiger partial charge in [0.05, 0.1) is 11.6 Å². The Labute approximate surface area is 135 Å². The molecule has 122 valence electrons. The average Bonchev–Trinajstić information content (AvgIpc) is 3.11. The van der Waals surface area contributed by atoms with Crippen LogP contribution >= 0.6 is 0 Å². The molecule has 0 N–H and O–H groups in total. The number of carbonyl (C=O) groups is 1. The zero-order chi connectivity index (χ0) is 16.2. The molecule has 0 aromatic heterocycles. The number of carbonyl (C=O) groups excluding carboxylic acids is 1. The number of ether oxygens (including phenoxy) is 1. The van der Waals surface area contributed by atoms with Crippen LogP contribution in [0.3, 0.4) is 0 Å². The maximum absolute atomic E-state index is 13.9. The molecular weight excluding hydrogens is 297 g/mol. The first kappa shape index (κ1) is 15.9. The van der Waals surface area contributed by atoms with E-state index in [1.54, 1.807) is 6.07 Å². The Balaban J connectivity index is 1.55. The second kappa shape index (κ2) is 7.07. The number of nitrogens with zero attached hydrogens (tertiary/aromatic N) is 3. The Morgan fingerprint density at radius 1 is 1.35 bits per heavy atom. The van der Waals surface area contributed by atoms with Gasteiger partial charge in [-0.25, -0.2) is 4.39 Å². The van der Waals surface area contributed by atoms with Gasteiger partial charge in [-0.2, -0.15) is 5.26 Å². The van der Waals surface area contributed by atoms with Crippen LogP contribution in [-0.4, -0.2) is 54.6 Å². The summed E-state index contributed by atoms with van der Waals surface area (Å²) in [6.07, 6.45) is 1.49. The number of nitriles is 1. The van der Waals surface area contributed by atoms with E-state index in [0.717, 1.165) is 12.8 Å². The van der Waals surface area contributed by atoms with Gasteiger partial charge in [0.1, 0.15) is 11.9 Å². The molecule has 5 nitrogen and oxygen atoms in total. The zero-order valence-electron chi connectivity index (χ0n) is 13.0. The number of piperazine rings is 1. The maximum Gasteiger partial charge on any atom is 0.251 e. The molecule has 2 saturated heterocycles. The quantitative estimate of drug-likeness (QED) is 0.848. The Morgan fingerprint density at radius 3 is 2.78 bits per heavy atom. The van der Waals surface area contributed by atoms with E-state index in [1.807, 2.05) is 11.0 Å². The van der Waals surface area contributed by atoms with Crippen molar-refractivity contribution < 1.29 is 13.9 Å². The number of amides is 1. The Bertz CT molecular complexity index is 615. The second-order valence-corrected chi connectivity index (χ2v) is 6.02. The number of rotatable bonds is 3. The third-order valence-corrected chi connectivity index (χ3v) is 4.46. The molecule has 2 aliphatic heterocycles. The number of benzene rings is 1. The molecule has 1 aromatic carbocycles. The Hall–Kier alpha value is -1.97. The zero-order valence-corrected chi connectivity index (χ0v) is 13.0. The first-order chi connectivity index (χ1) is 11.2. The van der Waals surface area contributed by atoms with E-state index in [-0.39, 0.29) is 17.8 Å². The lowest BCUT2D eigenvalue weighted by Crippen LogP contribution is -2.51. The van der Waals surface area contributed by atoms with Gasteiger partial charge in [0.15, 0.2) is 0 Å². The molecule has 0 spiro atoms.